The van der Waals surface area contributed by atoms with Gasteiger partial charge in [0.2, 0.25) is 0 Å². The van der Waals surface area contributed by atoms with E-state index in [2.05, 4.69) is 15.9 Å². The van der Waals surface area contributed by atoms with Crippen LogP contribution in [0.25, 0.3) is 11.1 Å². The molecule has 244 valence electrons. The van der Waals surface area contributed by atoms with E-state index in [9.17, 15) is 23.2 Å². The largest absolute Gasteiger partial charge is 0.494 e. The standard InChI is InChI=1S/C35H31F5N4O2S/c1-21-25(17-26-27(35(38,39)40)9-6-10-28(26)36)34-44(33(45)31(21)24-8-5-12-30(46-2)32(24)37)23(20-47-34)19-42-13-15-43(16-14-42)29-11-4-3-7-22(29)18-41/h3-12,23H,13-17,19-20H2,1-2H3. The van der Waals surface area contributed by atoms with Crippen LogP contribution in [0.2, 0.25) is 0 Å². The molecule has 4 aromatic rings. The number of rotatable bonds is 7. The van der Waals surface area contributed by atoms with Gasteiger partial charge < -0.3 is 9.64 Å². The number of fused-ring (bicyclic) bond motifs is 1. The van der Waals surface area contributed by atoms with Crippen molar-refractivity contribution >= 4 is 17.4 Å². The van der Waals surface area contributed by atoms with Crippen molar-refractivity contribution in [3.63, 3.8) is 0 Å². The first kappa shape index (κ1) is 32.6. The van der Waals surface area contributed by atoms with Crippen molar-refractivity contribution in [1.29, 1.82) is 5.26 Å². The molecule has 1 atom stereocenters. The minimum Gasteiger partial charge on any atom is -0.494 e. The molecule has 3 heterocycles. The lowest BCUT2D eigenvalue weighted by Gasteiger charge is -2.37. The van der Waals surface area contributed by atoms with Gasteiger partial charge in [-0.3, -0.25) is 14.3 Å². The van der Waals surface area contributed by atoms with Crippen LogP contribution in [0.3, 0.4) is 0 Å². The third-order valence-corrected chi connectivity index (χ3v) is 10.2. The summed E-state index contributed by atoms with van der Waals surface area (Å²) in [5.41, 5.74) is -0.00350. The predicted molar refractivity (Wildman–Crippen MR) is 171 cm³/mol. The maximum absolute atomic E-state index is 15.7. The highest BCUT2D eigenvalue weighted by atomic mass is 32.2. The molecule has 0 N–H and O–H groups in total. The van der Waals surface area contributed by atoms with E-state index < -0.39 is 40.9 Å². The van der Waals surface area contributed by atoms with Crippen LogP contribution in [0.5, 0.6) is 5.75 Å². The minimum atomic E-state index is -4.80. The van der Waals surface area contributed by atoms with Gasteiger partial charge in [0.25, 0.3) is 5.56 Å². The number of nitriles is 1. The molecule has 6 rings (SSSR count). The Labute approximate surface area is 273 Å². The van der Waals surface area contributed by atoms with E-state index in [0.717, 1.165) is 23.9 Å². The zero-order valence-electron chi connectivity index (χ0n) is 25.7. The van der Waals surface area contributed by atoms with Gasteiger partial charge in [0.15, 0.2) is 11.6 Å². The number of aromatic nitrogens is 1. The Kier molecular flexibility index (Phi) is 9.05. The Hall–Kier alpha value is -4.34. The molecule has 1 saturated heterocycles. The third-order valence-electron chi connectivity index (χ3n) is 8.95. The molecular formula is C35H31F5N4O2S. The second-order valence-corrected chi connectivity index (χ2v) is 12.6. The molecule has 47 heavy (non-hydrogen) atoms. The highest BCUT2D eigenvalue weighted by Crippen LogP contribution is 2.42. The van der Waals surface area contributed by atoms with Gasteiger partial charge in [-0.25, -0.2) is 8.78 Å². The number of hydrogen-bond donors (Lipinski definition) is 0. The zero-order valence-corrected chi connectivity index (χ0v) is 26.5. The van der Waals surface area contributed by atoms with E-state index in [1.165, 1.54) is 31.0 Å². The average Bonchev–Trinajstić information content (AvgIpc) is 3.47. The highest BCUT2D eigenvalue weighted by Gasteiger charge is 2.37. The third kappa shape index (κ3) is 6.10. The average molecular weight is 667 g/mol. The van der Waals surface area contributed by atoms with E-state index in [0.29, 0.717) is 60.2 Å². The lowest BCUT2D eigenvalue weighted by Crippen LogP contribution is -2.48. The van der Waals surface area contributed by atoms with Crippen LogP contribution in [0.4, 0.5) is 27.6 Å². The summed E-state index contributed by atoms with van der Waals surface area (Å²) in [4.78, 5) is 18.7. The predicted octanol–water partition coefficient (Wildman–Crippen LogP) is 7.06. The SMILES string of the molecule is COc1cccc(-c2c(C)c(Cc3c(F)cccc3C(F)(F)F)c3n(c2=O)C(CN2CCN(c4ccccc4C#N)CC2)CS3)c1F. The Morgan fingerprint density at radius 3 is 2.40 bits per heavy atom. The second kappa shape index (κ2) is 13.0. The van der Waals surface area contributed by atoms with E-state index in [4.69, 9.17) is 4.74 Å². The molecule has 1 fully saturated rings. The molecule has 0 radical (unpaired) electrons. The van der Waals surface area contributed by atoms with Crippen molar-refractivity contribution in [2.45, 2.75) is 30.6 Å². The number of para-hydroxylation sites is 1. The second-order valence-electron chi connectivity index (χ2n) is 11.6. The maximum Gasteiger partial charge on any atom is 0.416 e. The molecule has 2 aliphatic rings. The first-order valence-corrected chi connectivity index (χ1v) is 16.1. The number of piperazine rings is 1. The summed E-state index contributed by atoms with van der Waals surface area (Å²) in [5.74, 6) is -1.39. The van der Waals surface area contributed by atoms with Gasteiger partial charge in [-0.2, -0.15) is 18.4 Å². The fraction of sp³-hybridized carbons (Fsp3) is 0.314. The summed E-state index contributed by atoms with van der Waals surface area (Å²) in [5, 5.41) is 10.00. The molecule has 1 unspecified atom stereocenters. The van der Waals surface area contributed by atoms with Crippen molar-refractivity contribution in [3.05, 3.63) is 110 Å². The molecule has 0 bridgehead atoms. The summed E-state index contributed by atoms with van der Waals surface area (Å²) in [7, 11) is 1.30. The fourth-order valence-electron chi connectivity index (χ4n) is 6.58. The van der Waals surface area contributed by atoms with Crippen molar-refractivity contribution in [1.82, 2.24) is 9.47 Å². The number of ether oxygens (including phenoxy) is 1. The van der Waals surface area contributed by atoms with Crippen LogP contribution >= 0.6 is 11.8 Å². The molecule has 12 heteroatoms. The fourth-order valence-corrected chi connectivity index (χ4v) is 7.96. The van der Waals surface area contributed by atoms with Crippen LogP contribution in [0.1, 0.15) is 33.9 Å². The Bertz CT molecular complexity index is 1930. The van der Waals surface area contributed by atoms with Gasteiger partial charge in [-0.1, -0.05) is 30.3 Å². The number of benzene rings is 3. The summed E-state index contributed by atoms with van der Waals surface area (Å²) >= 11 is 1.34. The van der Waals surface area contributed by atoms with Crippen molar-refractivity contribution in [3.8, 4) is 22.9 Å². The Morgan fingerprint density at radius 1 is 0.979 bits per heavy atom. The van der Waals surface area contributed by atoms with Crippen LogP contribution < -0.4 is 15.2 Å². The smallest absolute Gasteiger partial charge is 0.416 e. The van der Waals surface area contributed by atoms with Crippen LogP contribution in [0.15, 0.2) is 70.5 Å². The van der Waals surface area contributed by atoms with E-state index in [1.54, 1.807) is 23.6 Å². The maximum atomic E-state index is 15.7. The summed E-state index contributed by atoms with van der Waals surface area (Å²) < 4.78 is 79.6. The van der Waals surface area contributed by atoms with Gasteiger partial charge in [-0.05, 0) is 48.4 Å². The number of nitrogens with zero attached hydrogens (tertiary/aromatic N) is 4. The normalized spacial score (nSPS) is 16.6. The summed E-state index contributed by atoms with van der Waals surface area (Å²) in [6.45, 7) is 4.69. The minimum absolute atomic E-state index is 0.00970. The Balaban J connectivity index is 1.40. The number of thioether (sulfide) groups is 1. The zero-order chi connectivity index (χ0) is 33.5. The molecule has 1 aromatic heterocycles. The number of anilines is 1. The van der Waals surface area contributed by atoms with Crippen LogP contribution in [0, 0.1) is 29.9 Å². The molecule has 0 aliphatic carbocycles. The molecule has 0 spiro atoms. The quantitative estimate of drug-likeness (QED) is 0.197. The Morgan fingerprint density at radius 2 is 1.70 bits per heavy atom. The molecular weight excluding hydrogens is 635 g/mol. The highest BCUT2D eigenvalue weighted by molar-refractivity contribution is 7.99. The topological polar surface area (TPSA) is 61.5 Å². The number of hydrogen-bond acceptors (Lipinski definition) is 6. The summed E-state index contributed by atoms with van der Waals surface area (Å²) in [6.07, 6.45) is -5.23. The number of pyridine rings is 1. The molecule has 3 aromatic carbocycles. The number of methoxy groups -OCH3 is 1. The van der Waals surface area contributed by atoms with Crippen molar-refractivity contribution < 1.29 is 26.7 Å². The van der Waals surface area contributed by atoms with E-state index in [1.807, 2.05) is 18.2 Å². The molecule has 0 amide bonds. The monoisotopic (exact) mass is 666 g/mol. The van der Waals surface area contributed by atoms with E-state index in [-0.39, 0.29) is 22.9 Å². The van der Waals surface area contributed by atoms with Gasteiger partial charge in [0, 0.05) is 56.0 Å². The van der Waals surface area contributed by atoms with Crippen LogP contribution in [-0.4, -0.2) is 55.1 Å². The molecule has 6 nitrogen and oxygen atoms in total. The van der Waals surface area contributed by atoms with Crippen LogP contribution in [-0.2, 0) is 12.6 Å². The van der Waals surface area contributed by atoms with Crippen molar-refractivity contribution in [2.75, 3.05) is 50.5 Å². The summed E-state index contributed by atoms with van der Waals surface area (Å²) in [6, 6.07) is 16.5. The van der Waals surface area contributed by atoms with Gasteiger partial charge in [0.1, 0.15) is 11.9 Å². The molecule has 0 saturated carbocycles. The number of halogens is 5. The molecule has 2 aliphatic heterocycles. The van der Waals surface area contributed by atoms with E-state index >= 15 is 8.78 Å². The van der Waals surface area contributed by atoms with Gasteiger partial charge >= 0.3 is 6.18 Å². The first-order chi connectivity index (χ1) is 22.5. The van der Waals surface area contributed by atoms with Gasteiger partial charge in [0.05, 0.1) is 40.6 Å². The van der Waals surface area contributed by atoms with Gasteiger partial charge in [-0.15, -0.1) is 11.8 Å². The van der Waals surface area contributed by atoms with Crippen molar-refractivity contribution in [2.24, 2.45) is 0 Å². The lowest BCUT2D eigenvalue weighted by atomic mass is 9.92. The first-order valence-electron chi connectivity index (χ1n) is 15.1. The lowest BCUT2D eigenvalue weighted by molar-refractivity contribution is -0.138. The number of alkyl halides is 3.